The molecule has 19 heavy (non-hydrogen) atoms. The summed E-state index contributed by atoms with van der Waals surface area (Å²) in [4.78, 5) is 26.5. The van der Waals surface area contributed by atoms with Crippen LogP contribution in [0.4, 0.5) is 0 Å². The number of nitrogens with zero attached hydrogens (tertiary/aromatic N) is 2. The second kappa shape index (κ2) is 6.04. The number of amides is 2. The first-order valence-electron chi connectivity index (χ1n) is 6.34. The van der Waals surface area contributed by atoms with Crippen molar-refractivity contribution in [3.8, 4) is 0 Å². The van der Waals surface area contributed by atoms with Crippen LogP contribution in [0.15, 0.2) is 25.6 Å². The number of hydrogen-bond donors (Lipinski definition) is 0. The molecule has 0 aromatic carbocycles. The van der Waals surface area contributed by atoms with Gasteiger partial charge in [-0.1, -0.05) is 13.2 Å². The number of carbonyl (C=O) groups is 2. The number of carbonyl (C=O) groups excluding carboxylic acids is 2. The third-order valence-corrected chi connectivity index (χ3v) is 3.21. The summed E-state index contributed by atoms with van der Waals surface area (Å²) in [6.07, 6.45) is 3.67. The van der Waals surface area contributed by atoms with E-state index in [0.29, 0.717) is 6.42 Å². The molecule has 0 saturated carbocycles. The van der Waals surface area contributed by atoms with E-state index in [1.54, 1.807) is 9.80 Å². The first kappa shape index (κ1) is 17.4. The molecule has 0 saturated heterocycles. The van der Waals surface area contributed by atoms with Gasteiger partial charge in [-0.05, 0) is 34.1 Å². The Morgan fingerprint density at radius 2 is 1.16 bits per heavy atom. The van der Waals surface area contributed by atoms with Gasteiger partial charge >= 0.3 is 0 Å². The van der Waals surface area contributed by atoms with Crippen molar-refractivity contribution in [3.63, 3.8) is 0 Å². The van der Waals surface area contributed by atoms with Crippen LogP contribution in [0.25, 0.3) is 0 Å². The molecule has 108 valence electrons. The maximum Gasteiger partial charge on any atom is 0.223 e. The lowest BCUT2D eigenvalue weighted by atomic mass is 9.84. The molecule has 4 heteroatoms. The topological polar surface area (TPSA) is 40.6 Å². The van der Waals surface area contributed by atoms with Crippen LogP contribution in [0, 0.1) is 0 Å². The van der Waals surface area contributed by atoms with Gasteiger partial charge in [0.05, 0.1) is 0 Å². The molecule has 0 aromatic rings. The van der Waals surface area contributed by atoms with Gasteiger partial charge in [-0.25, -0.2) is 0 Å². The third kappa shape index (κ3) is 4.23. The zero-order valence-electron chi connectivity index (χ0n) is 13.0. The minimum Gasteiger partial charge on any atom is -0.314 e. The predicted molar refractivity (Wildman–Crippen MR) is 78.2 cm³/mol. The molecule has 0 aliphatic carbocycles. The Morgan fingerprint density at radius 3 is 1.32 bits per heavy atom. The monoisotopic (exact) mass is 266 g/mol. The van der Waals surface area contributed by atoms with Crippen LogP contribution in [0.1, 0.15) is 48.0 Å². The van der Waals surface area contributed by atoms with Crippen LogP contribution in [0.3, 0.4) is 0 Å². The summed E-state index contributed by atoms with van der Waals surface area (Å²) < 4.78 is 0. The summed E-state index contributed by atoms with van der Waals surface area (Å²) in [5.74, 6) is -0.132. The van der Waals surface area contributed by atoms with E-state index in [9.17, 15) is 9.59 Å². The van der Waals surface area contributed by atoms with Crippen molar-refractivity contribution < 1.29 is 9.59 Å². The van der Waals surface area contributed by atoms with E-state index in [1.807, 2.05) is 27.7 Å². The second-order valence-electron chi connectivity index (χ2n) is 5.94. The molecule has 0 heterocycles. The predicted octanol–water partition coefficient (Wildman–Crippen LogP) is 2.92. The first-order valence-corrected chi connectivity index (χ1v) is 6.34. The van der Waals surface area contributed by atoms with E-state index < -0.39 is 11.1 Å². The van der Waals surface area contributed by atoms with Crippen LogP contribution in [-0.2, 0) is 9.59 Å². The van der Waals surface area contributed by atoms with Crippen molar-refractivity contribution in [2.75, 3.05) is 0 Å². The van der Waals surface area contributed by atoms with Gasteiger partial charge < -0.3 is 9.80 Å². The van der Waals surface area contributed by atoms with Gasteiger partial charge in [0.2, 0.25) is 11.8 Å². The van der Waals surface area contributed by atoms with Crippen LogP contribution in [-0.4, -0.2) is 32.7 Å². The highest BCUT2D eigenvalue weighted by Crippen LogP contribution is 2.30. The van der Waals surface area contributed by atoms with Gasteiger partial charge in [-0.2, -0.15) is 0 Å². The lowest BCUT2D eigenvalue weighted by Gasteiger charge is -2.44. The molecule has 0 fully saturated rings. The van der Waals surface area contributed by atoms with Crippen molar-refractivity contribution in [1.29, 1.82) is 0 Å². The highest BCUT2D eigenvalue weighted by molar-refractivity contribution is 5.76. The molecular formula is C15H26N2O2. The summed E-state index contributed by atoms with van der Waals surface area (Å²) in [5, 5.41) is 0. The summed E-state index contributed by atoms with van der Waals surface area (Å²) in [6, 6.07) is 0. The largest absolute Gasteiger partial charge is 0.314 e. The summed E-state index contributed by atoms with van der Waals surface area (Å²) in [6.45, 7) is 18.2. The van der Waals surface area contributed by atoms with E-state index in [-0.39, 0.29) is 11.8 Å². The maximum atomic E-state index is 11.6. The molecule has 0 N–H and O–H groups in total. The number of hydrogen-bond acceptors (Lipinski definition) is 2. The minimum atomic E-state index is -0.437. The van der Waals surface area contributed by atoms with Gasteiger partial charge in [-0.3, -0.25) is 9.59 Å². The van der Waals surface area contributed by atoms with Crippen molar-refractivity contribution in [3.05, 3.63) is 25.6 Å². The van der Waals surface area contributed by atoms with Crippen LogP contribution < -0.4 is 0 Å². The van der Waals surface area contributed by atoms with Gasteiger partial charge in [0.15, 0.2) is 0 Å². The quantitative estimate of drug-likeness (QED) is 0.741. The van der Waals surface area contributed by atoms with Crippen LogP contribution >= 0.6 is 0 Å². The average Bonchev–Trinajstić information content (AvgIpc) is 2.14. The Labute approximate surface area is 116 Å². The zero-order valence-corrected chi connectivity index (χ0v) is 13.0. The molecule has 0 radical (unpaired) electrons. The number of rotatable bonds is 6. The molecule has 0 unspecified atom stereocenters. The van der Waals surface area contributed by atoms with Crippen molar-refractivity contribution in [2.45, 2.75) is 59.0 Å². The van der Waals surface area contributed by atoms with Crippen molar-refractivity contribution in [1.82, 2.24) is 9.80 Å². The molecule has 2 amide bonds. The summed E-state index contributed by atoms with van der Waals surface area (Å²) >= 11 is 0. The second-order valence-corrected chi connectivity index (χ2v) is 5.94. The van der Waals surface area contributed by atoms with E-state index in [0.717, 1.165) is 0 Å². The molecule has 0 aliphatic rings. The smallest absolute Gasteiger partial charge is 0.223 e. The maximum absolute atomic E-state index is 11.6. The summed E-state index contributed by atoms with van der Waals surface area (Å²) in [7, 11) is 0. The van der Waals surface area contributed by atoms with E-state index in [2.05, 4.69) is 13.2 Å². The Balaban J connectivity index is 5.28. The molecule has 0 rings (SSSR count). The third-order valence-electron chi connectivity index (χ3n) is 3.21. The normalized spacial score (nSPS) is 11.7. The fourth-order valence-corrected chi connectivity index (χ4v) is 2.83. The molecule has 0 aliphatic heterocycles. The highest BCUT2D eigenvalue weighted by atomic mass is 16.2. The first-order chi connectivity index (χ1) is 8.49. The van der Waals surface area contributed by atoms with Crippen LogP contribution in [0.2, 0.25) is 0 Å². The van der Waals surface area contributed by atoms with Gasteiger partial charge in [-0.15, -0.1) is 0 Å². The van der Waals surface area contributed by atoms with E-state index in [1.165, 1.54) is 26.2 Å². The SMILES string of the molecule is C=CN(C(C)=O)C(C)(C)CC(C)(C)N(C=C)C(C)=O. The Kier molecular flexibility index (Phi) is 5.54. The van der Waals surface area contributed by atoms with E-state index in [4.69, 9.17) is 0 Å². The van der Waals surface area contributed by atoms with Gasteiger partial charge in [0.1, 0.15) is 0 Å². The van der Waals surface area contributed by atoms with Crippen molar-refractivity contribution >= 4 is 11.8 Å². The molecule has 0 aromatic heterocycles. The van der Waals surface area contributed by atoms with Gasteiger partial charge in [0.25, 0.3) is 0 Å². The molecule has 0 atom stereocenters. The lowest BCUT2D eigenvalue weighted by molar-refractivity contribution is -0.133. The van der Waals surface area contributed by atoms with Crippen LogP contribution in [0.5, 0.6) is 0 Å². The highest BCUT2D eigenvalue weighted by Gasteiger charge is 2.37. The summed E-state index contributed by atoms with van der Waals surface area (Å²) in [5.41, 5.74) is -0.873. The lowest BCUT2D eigenvalue weighted by Crippen LogP contribution is -2.53. The van der Waals surface area contributed by atoms with E-state index >= 15 is 0 Å². The molecule has 0 spiro atoms. The minimum absolute atomic E-state index is 0.0659. The standard InChI is InChI=1S/C15H26N2O2/c1-9-16(12(3)18)14(5,6)11-15(7,8)17(10-2)13(4)19/h9-10H,1-2,11H2,3-8H3. The fraction of sp³-hybridized carbons (Fsp3) is 0.600. The molecular weight excluding hydrogens is 240 g/mol. The zero-order chi connectivity index (χ0) is 15.4. The fourth-order valence-electron chi connectivity index (χ4n) is 2.83. The van der Waals surface area contributed by atoms with Gasteiger partial charge in [0, 0.05) is 37.3 Å². The average molecular weight is 266 g/mol. The van der Waals surface area contributed by atoms with Crippen molar-refractivity contribution in [2.24, 2.45) is 0 Å². The Hall–Kier alpha value is -1.58. The Morgan fingerprint density at radius 1 is 0.895 bits per heavy atom. The molecule has 4 nitrogen and oxygen atoms in total. The molecule has 0 bridgehead atoms. The Bertz CT molecular complexity index is 348.